The topological polar surface area (TPSA) is 8.17 Å². The number of rotatable bonds is 4. The maximum absolute atomic E-state index is 2.52. The molecule has 11 aromatic carbocycles. The summed E-state index contributed by atoms with van der Waals surface area (Å²) in [6.45, 7) is 0. The SMILES string of the molecule is c1ccc2c(c1)-c1ccc(N(c3ccc4c5ccccc5n(-c5cccc6ccccc56)c4c3)c3cccc4ccccc34)cc1C21c2ccccc2-c2cccc3cccc1c23. The summed E-state index contributed by atoms with van der Waals surface area (Å²) in [5.41, 5.74) is 16.9. The summed E-state index contributed by atoms with van der Waals surface area (Å²) in [7, 11) is 0. The Morgan fingerprint density at radius 3 is 1.67 bits per heavy atom. The van der Waals surface area contributed by atoms with Crippen LogP contribution < -0.4 is 4.90 Å². The highest BCUT2D eigenvalue weighted by Crippen LogP contribution is 2.62. The molecule has 0 fully saturated rings. The third-order valence-corrected chi connectivity index (χ3v) is 14.1. The van der Waals surface area contributed by atoms with Gasteiger partial charge in [0.15, 0.2) is 0 Å². The van der Waals surface area contributed by atoms with E-state index in [2.05, 4.69) is 240 Å². The van der Waals surface area contributed by atoms with Crippen molar-refractivity contribution in [2.75, 3.05) is 4.90 Å². The zero-order chi connectivity index (χ0) is 41.2. The van der Waals surface area contributed by atoms with Crippen LogP contribution in [0.5, 0.6) is 0 Å². The lowest BCUT2D eigenvalue weighted by molar-refractivity contribution is 0.773. The minimum Gasteiger partial charge on any atom is -0.310 e. The molecular weight excluding hydrogens is 761 g/mol. The van der Waals surface area contributed by atoms with E-state index in [4.69, 9.17) is 0 Å². The van der Waals surface area contributed by atoms with Crippen LogP contribution in [0.4, 0.5) is 17.1 Å². The van der Waals surface area contributed by atoms with E-state index in [-0.39, 0.29) is 0 Å². The van der Waals surface area contributed by atoms with Gasteiger partial charge in [-0.25, -0.2) is 0 Å². The molecule has 63 heavy (non-hydrogen) atoms. The van der Waals surface area contributed by atoms with E-state index < -0.39 is 5.41 Å². The van der Waals surface area contributed by atoms with Gasteiger partial charge < -0.3 is 9.47 Å². The fraction of sp³-hybridized carbons (Fsp3) is 0.0164. The molecule has 1 heterocycles. The second kappa shape index (κ2) is 12.9. The Kier molecular flexibility index (Phi) is 7.07. The molecule has 1 spiro atoms. The largest absolute Gasteiger partial charge is 0.310 e. The Balaban J connectivity index is 1.08. The van der Waals surface area contributed by atoms with E-state index >= 15 is 0 Å². The van der Waals surface area contributed by atoms with Gasteiger partial charge in [-0.3, -0.25) is 0 Å². The van der Waals surface area contributed by atoms with E-state index in [9.17, 15) is 0 Å². The van der Waals surface area contributed by atoms with Crippen molar-refractivity contribution in [1.82, 2.24) is 4.57 Å². The van der Waals surface area contributed by atoms with Crippen LogP contribution in [0.1, 0.15) is 22.3 Å². The number of aromatic nitrogens is 1. The summed E-state index contributed by atoms with van der Waals surface area (Å²) < 4.78 is 2.48. The zero-order valence-electron chi connectivity index (χ0n) is 34.3. The number of fused-ring (bicyclic) bond motifs is 14. The quantitative estimate of drug-likeness (QED) is 0.172. The predicted molar refractivity (Wildman–Crippen MR) is 264 cm³/mol. The maximum atomic E-state index is 2.52. The Morgan fingerprint density at radius 1 is 0.317 bits per heavy atom. The smallest absolute Gasteiger partial charge is 0.0726 e. The summed E-state index contributed by atoms with van der Waals surface area (Å²) in [5.74, 6) is 0. The Bertz CT molecular complexity index is 3870. The third kappa shape index (κ3) is 4.62. The van der Waals surface area contributed by atoms with Crippen molar-refractivity contribution in [2.24, 2.45) is 0 Å². The first-order chi connectivity index (χ1) is 31.3. The third-order valence-electron chi connectivity index (χ3n) is 14.1. The monoisotopic (exact) mass is 798 g/mol. The molecule has 0 bridgehead atoms. The van der Waals surface area contributed by atoms with Crippen LogP contribution in [0.2, 0.25) is 0 Å². The molecule has 12 aromatic rings. The van der Waals surface area contributed by atoms with Crippen molar-refractivity contribution >= 4 is 71.2 Å². The summed E-state index contributed by atoms with van der Waals surface area (Å²) in [5, 5.41) is 9.95. The molecule has 1 aromatic heterocycles. The highest BCUT2D eigenvalue weighted by molar-refractivity contribution is 6.13. The lowest BCUT2D eigenvalue weighted by Crippen LogP contribution is -2.32. The van der Waals surface area contributed by atoms with Crippen LogP contribution in [-0.2, 0) is 5.41 Å². The lowest BCUT2D eigenvalue weighted by atomic mass is 9.61. The highest BCUT2D eigenvalue weighted by Gasteiger charge is 2.50. The molecule has 0 N–H and O–H groups in total. The van der Waals surface area contributed by atoms with Crippen LogP contribution in [-0.4, -0.2) is 4.57 Å². The molecule has 0 saturated carbocycles. The normalized spacial score (nSPS) is 14.7. The fourth-order valence-electron chi connectivity index (χ4n) is 11.6. The summed E-state index contributed by atoms with van der Waals surface area (Å²) >= 11 is 0. The van der Waals surface area contributed by atoms with E-state index in [1.807, 2.05) is 0 Å². The number of nitrogens with zero attached hydrogens (tertiary/aromatic N) is 2. The minimum absolute atomic E-state index is 0.526. The average Bonchev–Trinajstić information content (AvgIpc) is 3.83. The van der Waals surface area contributed by atoms with Gasteiger partial charge in [0.25, 0.3) is 0 Å². The van der Waals surface area contributed by atoms with Crippen LogP contribution in [0, 0.1) is 0 Å². The van der Waals surface area contributed by atoms with Crippen LogP contribution in [0.25, 0.3) is 82.1 Å². The Hall–Kier alpha value is -8.20. The zero-order valence-corrected chi connectivity index (χ0v) is 34.3. The van der Waals surface area contributed by atoms with E-state index in [0.29, 0.717) is 0 Å². The van der Waals surface area contributed by atoms with Gasteiger partial charge in [-0.15, -0.1) is 0 Å². The van der Waals surface area contributed by atoms with Crippen LogP contribution >= 0.6 is 0 Å². The summed E-state index contributed by atoms with van der Waals surface area (Å²) in [6, 6.07) is 86.1. The van der Waals surface area contributed by atoms with Gasteiger partial charge in [0, 0.05) is 32.9 Å². The molecule has 0 amide bonds. The van der Waals surface area contributed by atoms with Gasteiger partial charge in [-0.1, -0.05) is 188 Å². The average molecular weight is 799 g/mol. The number of anilines is 3. The van der Waals surface area contributed by atoms with E-state index in [1.54, 1.807) is 0 Å². The Morgan fingerprint density at radius 2 is 0.841 bits per heavy atom. The first-order valence-electron chi connectivity index (χ1n) is 21.9. The van der Waals surface area contributed by atoms with Gasteiger partial charge in [0.1, 0.15) is 0 Å². The van der Waals surface area contributed by atoms with Crippen molar-refractivity contribution in [3.63, 3.8) is 0 Å². The molecule has 0 aliphatic heterocycles. The molecule has 2 nitrogen and oxygen atoms in total. The fourth-order valence-corrected chi connectivity index (χ4v) is 11.6. The minimum atomic E-state index is -0.526. The van der Waals surface area contributed by atoms with E-state index in [1.165, 1.54) is 104 Å². The van der Waals surface area contributed by atoms with Crippen LogP contribution in [0.3, 0.4) is 0 Å². The molecule has 14 rings (SSSR count). The van der Waals surface area contributed by atoms with Gasteiger partial charge >= 0.3 is 0 Å². The molecule has 2 aliphatic carbocycles. The molecule has 1 unspecified atom stereocenters. The second-order valence-electron chi connectivity index (χ2n) is 17.2. The molecule has 2 aliphatic rings. The van der Waals surface area contributed by atoms with Crippen molar-refractivity contribution < 1.29 is 0 Å². The van der Waals surface area contributed by atoms with Gasteiger partial charge in [0.05, 0.1) is 27.8 Å². The Labute approximate surface area is 365 Å². The van der Waals surface area contributed by atoms with Gasteiger partial charge in [0.2, 0.25) is 0 Å². The molecule has 2 heteroatoms. The van der Waals surface area contributed by atoms with Gasteiger partial charge in [-0.05, 0) is 109 Å². The lowest BCUT2D eigenvalue weighted by Gasteiger charge is -2.40. The molecule has 292 valence electrons. The van der Waals surface area contributed by atoms with E-state index in [0.717, 1.165) is 17.1 Å². The summed E-state index contributed by atoms with van der Waals surface area (Å²) in [4.78, 5) is 2.51. The maximum Gasteiger partial charge on any atom is 0.0726 e. The standard InChI is InChI=1S/C61H38N2/c1-3-21-44-39(15-1)17-13-31-56(44)62(43-34-36-50-49-25-7-10-30-58(49)63(59(50)38-43)57-32-14-18-40-16-2-4-22-45(40)57)42-33-35-48-46-23-5-8-27-52(46)61(55(48)37-42)53-28-9-6-24-47(53)51-26-11-19-41-20-12-29-54(61)60(41)51/h1-38H. The van der Waals surface area contributed by atoms with Crippen molar-refractivity contribution in [3.05, 3.63) is 253 Å². The summed E-state index contributed by atoms with van der Waals surface area (Å²) in [6.07, 6.45) is 0. The highest BCUT2D eigenvalue weighted by atomic mass is 15.1. The predicted octanol–water partition coefficient (Wildman–Crippen LogP) is 16.1. The second-order valence-corrected chi connectivity index (χ2v) is 17.2. The van der Waals surface area contributed by atoms with Crippen LogP contribution in [0.15, 0.2) is 231 Å². The number of hydrogen-bond acceptors (Lipinski definition) is 1. The number of benzene rings is 11. The first kappa shape index (κ1) is 34.5. The molecule has 1 atom stereocenters. The number of para-hydroxylation sites is 1. The first-order valence-corrected chi connectivity index (χ1v) is 21.9. The van der Waals surface area contributed by atoms with Gasteiger partial charge in [-0.2, -0.15) is 0 Å². The van der Waals surface area contributed by atoms with Crippen molar-refractivity contribution in [1.29, 1.82) is 0 Å². The van der Waals surface area contributed by atoms with Crippen molar-refractivity contribution in [3.8, 4) is 27.9 Å². The molecule has 0 radical (unpaired) electrons. The molecular formula is C61H38N2. The molecule has 0 saturated heterocycles. The number of hydrogen-bond donors (Lipinski definition) is 0. The van der Waals surface area contributed by atoms with Crippen molar-refractivity contribution in [2.45, 2.75) is 5.41 Å².